The summed E-state index contributed by atoms with van der Waals surface area (Å²) in [6, 6.07) is 0. The maximum atomic E-state index is 9.95. The molecule has 18 heavy (non-hydrogen) atoms. The van der Waals surface area contributed by atoms with Crippen LogP contribution < -0.4 is 10.6 Å². The highest BCUT2D eigenvalue weighted by Crippen LogP contribution is 2.13. The maximum absolute atomic E-state index is 9.95. The van der Waals surface area contributed by atoms with Crippen LogP contribution in [0.25, 0.3) is 0 Å². The Balaban J connectivity index is -0.000000317. The molecule has 0 fully saturated rings. The van der Waals surface area contributed by atoms with Gasteiger partial charge in [0, 0.05) is 13.2 Å². The zero-order chi connectivity index (χ0) is 14.9. The van der Waals surface area contributed by atoms with E-state index in [2.05, 4.69) is 24.5 Å². The maximum Gasteiger partial charge on any atom is 0.207 e. The summed E-state index contributed by atoms with van der Waals surface area (Å²) in [5.74, 6) is 0. The fraction of sp³-hybridized carbons (Fsp3) is 0.929. The summed E-state index contributed by atoms with van der Waals surface area (Å²) in [7, 11) is 1.93. The molecule has 2 N–H and O–H groups in total. The van der Waals surface area contributed by atoms with Gasteiger partial charge in [-0.25, -0.2) is 0 Å². The fourth-order valence-electron chi connectivity index (χ4n) is 0.883. The minimum atomic E-state index is -0.119. The number of rotatable bonds is 8. The van der Waals surface area contributed by atoms with E-state index in [1.807, 2.05) is 34.7 Å². The molecule has 0 rings (SSSR count). The normalized spacial score (nSPS) is 9.50. The Morgan fingerprint density at radius 3 is 2.06 bits per heavy atom. The lowest BCUT2D eigenvalue weighted by molar-refractivity contribution is -0.109. The monoisotopic (exact) mass is 262 g/mol. The topological polar surface area (TPSA) is 50.4 Å². The van der Waals surface area contributed by atoms with Crippen LogP contribution >= 0.6 is 0 Å². The molecule has 0 saturated carbocycles. The van der Waals surface area contributed by atoms with Gasteiger partial charge in [-0.15, -0.1) is 0 Å². The molecule has 0 aliphatic carbocycles. The summed E-state index contributed by atoms with van der Waals surface area (Å²) >= 11 is 0. The molecule has 112 valence electrons. The molecule has 0 saturated heterocycles. The average Bonchev–Trinajstić information content (AvgIpc) is 2.39. The minimum absolute atomic E-state index is 0.119. The Morgan fingerprint density at radius 2 is 1.72 bits per heavy atom. The van der Waals surface area contributed by atoms with Crippen molar-refractivity contribution >= 4 is 6.41 Å². The van der Waals surface area contributed by atoms with Crippen LogP contribution in [-0.4, -0.2) is 38.8 Å². The molecule has 0 heterocycles. The summed E-state index contributed by atoms with van der Waals surface area (Å²) in [6.07, 6.45) is 2.60. The highest BCUT2D eigenvalue weighted by Gasteiger charge is 2.16. The average molecular weight is 262 g/mol. The van der Waals surface area contributed by atoms with Gasteiger partial charge in [0.1, 0.15) is 0 Å². The van der Waals surface area contributed by atoms with Gasteiger partial charge in [0.2, 0.25) is 6.41 Å². The van der Waals surface area contributed by atoms with Gasteiger partial charge < -0.3 is 15.4 Å². The molecule has 0 aromatic rings. The minimum Gasteiger partial charge on any atom is -0.376 e. The van der Waals surface area contributed by atoms with Crippen LogP contribution in [0.1, 0.15) is 54.4 Å². The number of nitrogens with one attached hydrogen (secondary N) is 2. The van der Waals surface area contributed by atoms with Gasteiger partial charge in [0.15, 0.2) is 0 Å². The van der Waals surface area contributed by atoms with Gasteiger partial charge in [-0.3, -0.25) is 4.79 Å². The van der Waals surface area contributed by atoms with Gasteiger partial charge in [0.25, 0.3) is 0 Å². The van der Waals surface area contributed by atoms with Gasteiger partial charge in [0.05, 0.1) is 5.60 Å². The molecule has 0 aromatic heterocycles. The van der Waals surface area contributed by atoms with Crippen LogP contribution in [0, 0.1) is 0 Å². The van der Waals surface area contributed by atoms with Crippen molar-refractivity contribution in [3.63, 3.8) is 0 Å². The van der Waals surface area contributed by atoms with Crippen molar-refractivity contribution in [2.75, 3.05) is 26.7 Å². The van der Waals surface area contributed by atoms with Crippen LogP contribution in [0.3, 0.4) is 0 Å². The molecule has 0 aliphatic heterocycles. The molecule has 4 heteroatoms. The second kappa shape index (κ2) is 18.7. The van der Waals surface area contributed by atoms with E-state index in [0.717, 1.165) is 32.4 Å². The van der Waals surface area contributed by atoms with Crippen LogP contribution in [0.5, 0.6) is 0 Å². The van der Waals surface area contributed by atoms with Crippen LogP contribution in [0.2, 0.25) is 0 Å². The fourth-order valence-corrected chi connectivity index (χ4v) is 0.883. The molecule has 4 nitrogen and oxygen atoms in total. The molecule has 0 unspecified atom stereocenters. The molecule has 0 spiro atoms. The SMILES string of the molecule is CC.CCCOC(C)(C)CCNC=O.CCNC. The Labute approximate surface area is 114 Å². The first-order chi connectivity index (χ1) is 8.54. The number of carbonyl (C=O) groups excluding carboxylic acids is 1. The van der Waals surface area contributed by atoms with Gasteiger partial charge in [-0.05, 0) is 40.3 Å². The third-order valence-electron chi connectivity index (χ3n) is 2.01. The standard InChI is InChI=1S/C9H19NO2.C3H9N.C2H6/c1-4-7-12-9(2,3)5-6-10-8-11;1-3-4-2;1-2/h8H,4-7H2,1-3H3,(H,10,11);4H,3H2,1-2H3;1-2H3. The third-order valence-corrected chi connectivity index (χ3v) is 2.01. The van der Waals surface area contributed by atoms with Gasteiger partial charge >= 0.3 is 0 Å². The number of amides is 1. The highest BCUT2D eigenvalue weighted by molar-refractivity contribution is 5.45. The summed E-state index contributed by atoms with van der Waals surface area (Å²) in [4.78, 5) is 9.95. The van der Waals surface area contributed by atoms with Crippen molar-refractivity contribution in [1.82, 2.24) is 10.6 Å². The summed E-state index contributed by atoms with van der Waals surface area (Å²) in [6.45, 7) is 14.8. The Hall–Kier alpha value is -0.610. The summed E-state index contributed by atoms with van der Waals surface area (Å²) < 4.78 is 5.57. The zero-order valence-corrected chi connectivity index (χ0v) is 13.4. The smallest absolute Gasteiger partial charge is 0.207 e. The van der Waals surface area contributed by atoms with Crippen molar-refractivity contribution in [3.05, 3.63) is 0 Å². The zero-order valence-electron chi connectivity index (χ0n) is 13.4. The molecule has 0 bridgehead atoms. The molecule has 0 radical (unpaired) electrons. The lowest BCUT2D eigenvalue weighted by Crippen LogP contribution is -2.29. The van der Waals surface area contributed by atoms with Crippen LogP contribution in [-0.2, 0) is 9.53 Å². The second-order valence-corrected chi connectivity index (χ2v) is 4.14. The predicted molar refractivity (Wildman–Crippen MR) is 80.0 cm³/mol. The van der Waals surface area contributed by atoms with Gasteiger partial charge in [-0.2, -0.15) is 0 Å². The van der Waals surface area contributed by atoms with E-state index in [-0.39, 0.29) is 5.60 Å². The Bertz CT molecular complexity index is 149. The van der Waals surface area contributed by atoms with Gasteiger partial charge in [-0.1, -0.05) is 27.7 Å². The van der Waals surface area contributed by atoms with Crippen molar-refractivity contribution in [3.8, 4) is 0 Å². The lowest BCUT2D eigenvalue weighted by atomic mass is 10.1. The van der Waals surface area contributed by atoms with Crippen molar-refractivity contribution in [2.45, 2.75) is 60.0 Å². The highest BCUT2D eigenvalue weighted by atomic mass is 16.5. The summed E-state index contributed by atoms with van der Waals surface area (Å²) in [5.41, 5.74) is -0.119. The number of hydrogen-bond acceptors (Lipinski definition) is 3. The largest absolute Gasteiger partial charge is 0.376 e. The number of carbonyl (C=O) groups is 1. The molecule has 0 aliphatic rings. The van der Waals surface area contributed by atoms with Crippen LogP contribution in [0.4, 0.5) is 0 Å². The number of ether oxygens (including phenoxy) is 1. The van der Waals surface area contributed by atoms with E-state index in [0.29, 0.717) is 6.54 Å². The molecular formula is C14H34N2O2. The van der Waals surface area contributed by atoms with E-state index in [9.17, 15) is 4.79 Å². The number of hydrogen-bond donors (Lipinski definition) is 2. The third kappa shape index (κ3) is 24.6. The molecular weight excluding hydrogens is 228 g/mol. The van der Waals surface area contributed by atoms with Crippen molar-refractivity contribution < 1.29 is 9.53 Å². The Morgan fingerprint density at radius 1 is 1.22 bits per heavy atom. The van der Waals surface area contributed by atoms with Crippen molar-refractivity contribution in [1.29, 1.82) is 0 Å². The summed E-state index contributed by atoms with van der Waals surface area (Å²) in [5, 5.41) is 5.55. The second-order valence-electron chi connectivity index (χ2n) is 4.14. The lowest BCUT2D eigenvalue weighted by Gasteiger charge is -2.24. The molecule has 1 amide bonds. The van der Waals surface area contributed by atoms with E-state index >= 15 is 0 Å². The molecule has 0 aromatic carbocycles. The quantitative estimate of drug-likeness (QED) is 0.522. The predicted octanol–water partition coefficient (Wildman–Crippen LogP) is 2.58. The van der Waals surface area contributed by atoms with E-state index in [1.54, 1.807) is 0 Å². The van der Waals surface area contributed by atoms with Crippen molar-refractivity contribution in [2.24, 2.45) is 0 Å². The van der Waals surface area contributed by atoms with E-state index in [1.165, 1.54) is 0 Å². The first-order valence-electron chi connectivity index (χ1n) is 6.99. The van der Waals surface area contributed by atoms with Crippen LogP contribution in [0.15, 0.2) is 0 Å². The first-order valence-corrected chi connectivity index (χ1v) is 6.99. The molecule has 0 atom stereocenters. The Kier molecular flexibility index (Phi) is 23.5. The first kappa shape index (κ1) is 22.6. The van der Waals surface area contributed by atoms with E-state index < -0.39 is 0 Å². The van der Waals surface area contributed by atoms with E-state index in [4.69, 9.17) is 4.74 Å².